The lowest BCUT2D eigenvalue weighted by Gasteiger charge is -2.13. The van der Waals surface area contributed by atoms with Crippen molar-refractivity contribution in [1.29, 1.82) is 0 Å². The number of hydrogen-bond donors (Lipinski definition) is 0. The van der Waals surface area contributed by atoms with Crippen molar-refractivity contribution < 1.29 is 0 Å². The van der Waals surface area contributed by atoms with E-state index in [9.17, 15) is 0 Å². The Bertz CT molecular complexity index is 2370. The first-order valence-electron chi connectivity index (χ1n) is 15.6. The summed E-state index contributed by atoms with van der Waals surface area (Å²) >= 11 is 0. The molecule has 1 aliphatic carbocycles. The maximum atomic E-state index is 5.15. The number of hydrogen-bond acceptors (Lipinski definition) is 3. The molecule has 0 spiro atoms. The van der Waals surface area contributed by atoms with Gasteiger partial charge in [0, 0.05) is 45.1 Å². The van der Waals surface area contributed by atoms with Crippen LogP contribution in [-0.4, -0.2) is 19.5 Å². The molecule has 0 atom stereocenters. The summed E-state index contributed by atoms with van der Waals surface area (Å²) in [5, 5.41) is 2.45. The first-order chi connectivity index (χ1) is 22.8. The van der Waals surface area contributed by atoms with Gasteiger partial charge in [-0.1, -0.05) is 133 Å². The molecule has 4 nitrogen and oxygen atoms in total. The van der Waals surface area contributed by atoms with Crippen molar-refractivity contribution in [2.24, 2.45) is 0 Å². The van der Waals surface area contributed by atoms with E-state index in [2.05, 4.69) is 126 Å². The molecule has 8 aromatic rings. The fourth-order valence-corrected chi connectivity index (χ4v) is 6.77. The fourth-order valence-electron chi connectivity index (χ4n) is 6.77. The van der Waals surface area contributed by atoms with Gasteiger partial charge in [-0.2, -0.15) is 0 Å². The summed E-state index contributed by atoms with van der Waals surface area (Å²) in [7, 11) is 0. The molecule has 0 radical (unpaired) electrons. The van der Waals surface area contributed by atoms with Gasteiger partial charge in [0.25, 0.3) is 0 Å². The van der Waals surface area contributed by atoms with Crippen LogP contribution in [-0.2, 0) is 6.42 Å². The van der Waals surface area contributed by atoms with E-state index in [0.717, 1.165) is 22.4 Å². The Hall–Kier alpha value is -6.13. The molecule has 2 aromatic heterocycles. The van der Waals surface area contributed by atoms with Gasteiger partial charge >= 0.3 is 0 Å². The largest absolute Gasteiger partial charge is 0.309 e. The average Bonchev–Trinajstić information content (AvgIpc) is 3.37. The van der Waals surface area contributed by atoms with Crippen molar-refractivity contribution in [3.05, 3.63) is 169 Å². The van der Waals surface area contributed by atoms with E-state index < -0.39 is 0 Å². The van der Waals surface area contributed by atoms with Gasteiger partial charge in [-0.15, -0.1) is 0 Å². The van der Waals surface area contributed by atoms with Gasteiger partial charge in [-0.3, -0.25) is 0 Å². The number of fused-ring (bicyclic) bond motifs is 7. The van der Waals surface area contributed by atoms with Crippen LogP contribution in [0, 0.1) is 0 Å². The van der Waals surface area contributed by atoms with Crippen LogP contribution in [0.15, 0.2) is 152 Å². The van der Waals surface area contributed by atoms with Gasteiger partial charge in [-0.05, 0) is 41.0 Å². The van der Waals surface area contributed by atoms with Crippen molar-refractivity contribution in [3.63, 3.8) is 0 Å². The van der Waals surface area contributed by atoms with E-state index in [1.165, 1.54) is 44.1 Å². The molecule has 2 heterocycles. The summed E-state index contributed by atoms with van der Waals surface area (Å²) in [6, 6.07) is 53.0. The highest BCUT2D eigenvalue weighted by atomic mass is 15.0. The van der Waals surface area contributed by atoms with Crippen LogP contribution in [0.5, 0.6) is 0 Å². The molecule has 0 fully saturated rings. The molecule has 0 N–H and O–H groups in total. The van der Waals surface area contributed by atoms with E-state index in [1.54, 1.807) is 0 Å². The van der Waals surface area contributed by atoms with E-state index in [0.29, 0.717) is 23.9 Å². The summed E-state index contributed by atoms with van der Waals surface area (Å²) < 4.78 is 2.41. The minimum atomic E-state index is 0.666. The van der Waals surface area contributed by atoms with E-state index in [-0.39, 0.29) is 0 Å². The summed E-state index contributed by atoms with van der Waals surface area (Å²) in [5.74, 6) is 2.02. The third-order valence-electron chi connectivity index (χ3n) is 8.88. The van der Waals surface area contributed by atoms with E-state index in [1.807, 2.05) is 36.4 Å². The number of benzene rings is 6. The second kappa shape index (κ2) is 10.8. The van der Waals surface area contributed by atoms with Gasteiger partial charge in [-0.25, -0.2) is 15.0 Å². The maximum absolute atomic E-state index is 5.15. The summed E-state index contributed by atoms with van der Waals surface area (Å²) in [5.41, 5.74) is 11.3. The minimum Gasteiger partial charge on any atom is -0.309 e. The number of allylic oxidation sites excluding steroid dienone is 1. The molecular weight excluding hydrogens is 560 g/mol. The predicted molar refractivity (Wildman–Crippen MR) is 188 cm³/mol. The Morgan fingerprint density at radius 3 is 1.76 bits per heavy atom. The van der Waals surface area contributed by atoms with Crippen molar-refractivity contribution >= 4 is 33.5 Å². The molecule has 9 rings (SSSR count). The summed E-state index contributed by atoms with van der Waals surface area (Å²) in [4.78, 5) is 15.3. The van der Waals surface area contributed by atoms with Crippen LogP contribution in [0.25, 0.3) is 73.0 Å². The zero-order chi connectivity index (χ0) is 30.5. The topological polar surface area (TPSA) is 43.6 Å². The molecule has 0 amide bonds. The number of aromatic nitrogens is 4. The molecule has 0 saturated heterocycles. The summed E-state index contributed by atoms with van der Waals surface area (Å²) in [6.07, 6.45) is 3.03. The monoisotopic (exact) mass is 588 g/mol. The Labute approximate surface area is 267 Å². The number of para-hydroxylation sites is 2. The predicted octanol–water partition coefficient (Wildman–Crippen LogP) is 10.1. The number of nitrogens with zero attached hydrogens (tertiary/aromatic N) is 4. The molecule has 216 valence electrons. The van der Waals surface area contributed by atoms with Crippen molar-refractivity contribution in [2.75, 3.05) is 0 Å². The van der Waals surface area contributed by atoms with Crippen molar-refractivity contribution in [3.8, 4) is 39.6 Å². The van der Waals surface area contributed by atoms with Crippen LogP contribution in [0.2, 0.25) is 0 Å². The highest BCUT2D eigenvalue weighted by Gasteiger charge is 2.24. The molecule has 0 saturated carbocycles. The third kappa shape index (κ3) is 4.34. The Kier molecular flexibility index (Phi) is 6.17. The zero-order valence-electron chi connectivity index (χ0n) is 25.0. The Morgan fingerprint density at radius 1 is 0.457 bits per heavy atom. The second-order valence-electron chi connectivity index (χ2n) is 11.7. The minimum absolute atomic E-state index is 0.666. The zero-order valence-corrected chi connectivity index (χ0v) is 25.0. The van der Waals surface area contributed by atoms with Gasteiger partial charge in [0.05, 0.1) is 11.0 Å². The van der Waals surface area contributed by atoms with Gasteiger partial charge in [0.1, 0.15) is 0 Å². The highest BCUT2D eigenvalue weighted by molar-refractivity contribution is 6.14. The van der Waals surface area contributed by atoms with Crippen LogP contribution in [0.1, 0.15) is 17.0 Å². The standard InChI is InChI=1S/C42H28N4/c1-4-14-28(15-5-1)40-43-41(29-16-6-2-7-17-29)45-42(44-40)31-26-30-18-10-11-21-33(30)34-24-25-36-35-22-12-13-23-38(35)46(39(36)37(34)27-31)32-19-8-3-9-20-32/h1-25,27H,26H2. The molecule has 0 bridgehead atoms. The lowest BCUT2D eigenvalue weighted by molar-refractivity contribution is 1.02. The van der Waals surface area contributed by atoms with Gasteiger partial charge in [0.2, 0.25) is 0 Å². The summed E-state index contributed by atoms with van der Waals surface area (Å²) in [6.45, 7) is 0. The van der Waals surface area contributed by atoms with Gasteiger partial charge < -0.3 is 4.57 Å². The van der Waals surface area contributed by atoms with E-state index >= 15 is 0 Å². The lowest BCUT2D eigenvalue weighted by Crippen LogP contribution is -2.04. The molecular formula is C42H28N4. The molecule has 0 aliphatic heterocycles. The SMILES string of the molecule is C1=C(c2nc(-c3ccccc3)nc(-c3ccccc3)n2)Cc2ccccc2-c2ccc3c4ccccc4n(-c4ccccc4)c3c21. The normalized spacial score (nSPS) is 12.4. The lowest BCUT2D eigenvalue weighted by atomic mass is 9.94. The van der Waals surface area contributed by atoms with Gasteiger partial charge in [0.15, 0.2) is 17.5 Å². The van der Waals surface area contributed by atoms with Crippen LogP contribution in [0.4, 0.5) is 0 Å². The average molecular weight is 589 g/mol. The van der Waals surface area contributed by atoms with Crippen molar-refractivity contribution in [1.82, 2.24) is 19.5 Å². The van der Waals surface area contributed by atoms with Crippen LogP contribution < -0.4 is 0 Å². The quantitative estimate of drug-likeness (QED) is 0.205. The van der Waals surface area contributed by atoms with Crippen LogP contribution >= 0.6 is 0 Å². The van der Waals surface area contributed by atoms with Crippen molar-refractivity contribution in [2.45, 2.75) is 6.42 Å². The second-order valence-corrected chi connectivity index (χ2v) is 11.7. The Morgan fingerprint density at radius 2 is 1.04 bits per heavy atom. The molecule has 6 aromatic carbocycles. The maximum Gasteiger partial charge on any atom is 0.164 e. The third-order valence-corrected chi connectivity index (χ3v) is 8.88. The molecule has 1 aliphatic rings. The first-order valence-corrected chi connectivity index (χ1v) is 15.6. The molecule has 4 heteroatoms. The van der Waals surface area contributed by atoms with E-state index in [4.69, 9.17) is 15.0 Å². The molecule has 0 unspecified atom stereocenters. The smallest absolute Gasteiger partial charge is 0.164 e. The highest BCUT2D eigenvalue weighted by Crippen LogP contribution is 2.43. The fraction of sp³-hybridized carbons (Fsp3) is 0.0238. The number of rotatable bonds is 4. The first kappa shape index (κ1) is 26.3. The Balaban J connectivity index is 1.37. The molecule has 46 heavy (non-hydrogen) atoms. The van der Waals surface area contributed by atoms with Crippen LogP contribution in [0.3, 0.4) is 0 Å².